The molecule has 0 spiro atoms. The maximum absolute atomic E-state index is 11.8. The first-order valence-corrected chi connectivity index (χ1v) is 7.52. The number of rotatable bonds is 4. The van der Waals surface area contributed by atoms with E-state index >= 15 is 0 Å². The molecule has 118 valence electrons. The molecule has 2 N–H and O–H groups in total. The first-order valence-electron chi connectivity index (χ1n) is 7.52. The van der Waals surface area contributed by atoms with Gasteiger partial charge in [0, 0.05) is 25.2 Å². The lowest BCUT2D eigenvalue weighted by Gasteiger charge is -2.35. The lowest BCUT2D eigenvalue weighted by molar-refractivity contribution is 0.332. The van der Waals surface area contributed by atoms with Crippen LogP contribution in [0.4, 0.5) is 5.82 Å². The third-order valence-corrected chi connectivity index (χ3v) is 3.74. The highest BCUT2D eigenvalue weighted by molar-refractivity contribution is 5.50. The van der Waals surface area contributed by atoms with Crippen molar-refractivity contribution >= 4 is 5.82 Å². The number of aromatic amines is 1. The Bertz CT molecular complexity index is 521. The first-order chi connectivity index (χ1) is 9.90. The topological polar surface area (TPSA) is 70.2 Å². The third kappa shape index (κ3) is 4.20. The molecule has 0 saturated carbocycles. The second-order valence-corrected chi connectivity index (χ2v) is 6.67. The highest BCUT2D eigenvalue weighted by atomic mass is 16.5. The predicted octanol–water partition coefficient (Wildman–Crippen LogP) is 1.38. The molecular weight excluding hydrogens is 268 g/mol. The van der Waals surface area contributed by atoms with Gasteiger partial charge in [-0.05, 0) is 39.5 Å². The molecule has 1 aromatic rings. The summed E-state index contributed by atoms with van der Waals surface area (Å²) in [5, 5.41) is 3.56. The van der Waals surface area contributed by atoms with Crippen LogP contribution in [0.2, 0.25) is 0 Å². The van der Waals surface area contributed by atoms with Crippen molar-refractivity contribution in [2.45, 2.75) is 39.2 Å². The third-order valence-electron chi connectivity index (χ3n) is 3.74. The van der Waals surface area contributed by atoms with Crippen LogP contribution in [0.15, 0.2) is 11.1 Å². The summed E-state index contributed by atoms with van der Waals surface area (Å²) < 4.78 is 5.22. The second kappa shape index (κ2) is 6.47. The SMILES string of the molecule is COc1c(N2CCCC(CNC(C)(C)C)C2)nc[nH]c1=O. The molecule has 0 amide bonds. The number of piperidine rings is 1. The molecule has 1 saturated heterocycles. The molecular formula is C15H26N4O2. The average molecular weight is 294 g/mol. The van der Waals surface area contributed by atoms with Gasteiger partial charge in [-0.25, -0.2) is 4.98 Å². The molecule has 1 unspecified atom stereocenters. The van der Waals surface area contributed by atoms with Gasteiger partial charge in [0.2, 0.25) is 5.75 Å². The minimum absolute atomic E-state index is 0.127. The van der Waals surface area contributed by atoms with Crippen LogP contribution in [0.5, 0.6) is 5.75 Å². The van der Waals surface area contributed by atoms with Crippen molar-refractivity contribution in [1.29, 1.82) is 0 Å². The largest absolute Gasteiger partial charge is 0.489 e. The zero-order chi connectivity index (χ0) is 15.5. The summed E-state index contributed by atoms with van der Waals surface area (Å²) in [7, 11) is 1.51. The summed E-state index contributed by atoms with van der Waals surface area (Å²) in [6, 6.07) is 0. The number of nitrogens with one attached hydrogen (secondary N) is 2. The Kier molecular flexibility index (Phi) is 4.88. The molecule has 1 aliphatic heterocycles. The van der Waals surface area contributed by atoms with Gasteiger partial charge in [0.25, 0.3) is 5.56 Å². The Morgan fingerprint density at radius 1 is 1.52 bits per heavy atom. The van der Waals surface area contributed by atoms with Crippen LogP contribution >= 0.6 is 0 Å². The minimum atomic E-state index is -0.225. The normalized spacial score (nSPS) is 19.6. The van der Waals surface area contributed by atoms with Crippen LogP contribution in [0.3, 0.4) is 0 Å². The smallest absolute Gasteiger partial charge is 0.295 e. The van der Waals surface area contributed by atoms with E-state index in [1.165, 1.54) is 19.9 Å². The fourth-order valence-corrected chi connectivity index (χ4v) is 2.66. The van der Waals surface area contributed by atoms with Crippen molar-refractivity contribution in [2.24, 2.45) is 5.92 Å². The van der Waals surface area contributed by atoms with Crippen LogP contribution in [0.1, 0.15) is 33.6 Å². The lowest BCUT2D eigenvalue weighted by Crippen LogP contribution is -2.45. The monoisotopic (exact) mass is 294 g/mol. The molecule has 2 rings (SSSR count). The van der Waals surface area contributed by atoms with Crippen molar-refractivity contribution < 1.29 is 4.74 Å². The Hall–Kier alpha value is -1.56. The molecule has 1 aromatic heterocycles. The minimum Gasteiger partial charge on any atom is -0.489 e. The Balaban J connectivity index is 2.08. The highest BCUT2D eigenvalue weighted by Crippen LogP contribution is 2.26. The van der Waals surface area contributed by atoms with Crippen molar-refractivity contribution in [3.05, 3.63) is 16.7 Å². The van der Waals surface area contributed by atoms with Crippen molar-refractivity contribution in [2.75, 3.05) is 31.6 Å². The zero-order valence-corrected chi connectivity index (χ0v) is 13.4. The van der Waals surface area contributed by atoms with Gasteiger partial charge in [-0.2, -0.15) is 0 Å². The first kappa shape index (κ1) is 15.8. The number of anilines is 1. The lowest BCUT2D eigenvalue weighted by atomic mass is 9.96. The van der Waals surface area contributed by atoms with Gasteiger partial charge in [0.05, 0.1) is 13.4 Å². The van der Waals surface area contributed by atoms with E-state index in [0.29, 0.717) is 17.5 Å². The van der Waals surface area contributed by atoms with E-state index in [-0.39, 0.29) is 11.1 Å². The molecule has 6 nitrogen and oxygen atoms in total. The van der Waals surface area contributed by atoms with Gasteiger partial charge >= 0.3 is 0 Å². The molecule has 0 bridgehead atoms. The number of hydrogen-bond donors (Lipinski definition) is 2. The summed E-state index contributed by atoms with van der Waals surface area (Å²) in [4.78, 5) is 20.8. The van der Waals surface area contributed by atoms with Crippen LogP contribution in [0, 0.1) is 5.92 Å². The number of H-pyrrole nitrogens is 1. The molecule has 21 heavy (non-hydrogen) atoms. The zero-order valence-electron chi connectivity index (χ0n) is 13.4. The summed E-state index contributed by atoms with van der Waals surface area (Å²) in [6.07, 6.45) is 3.75. The molecule has 0 radical (unpaired) electrons. The second-order valence-electron chi connectivity index (χ2n) is 6.67. The summed E-state index contributed by atoms with van der Waals surface area (Å²) in [6.45, 7) is 9.32. The Morgan fingerprint density at radius 2 is 2.29 bits per heavy atom. The van der Waals surface area contributed by atoms with Gasteiger partial charge < -0.3 is 19.9 Å². The Morgan fingerprint density at radius 3 is 2.95 bits per heavy atom. The maximum atomic E-state index is 11.8. The fourth-order valence-electron chi connectivity index (χ4n) is 2.66. The molecule has 1 atom stereocenters. The van der Waals surface area contributed by atoms with Crippen LogP contribution in [-0.4, -0.2) is 42.3 Å². The molecule has 0 aromatic carbocycles. The van der Waals surface area contributed by atoms with E-state index in [9.17, 15) is 4.79 Å². The molecule has 6 heteroatoms. The standard InChI is InChI=1S/C15H26N4O2/c1-15(2,3)18-8-11-6-5-7-19(9-11)13-12(21-4)14(20)17-10-16-13/h10-11,18H,5-9H2,1-4H3,(H,16,17,20). The summed E-state index contributed by atoms with van der Waals surface area (Å²) >= 11 is 0. The Labute approximate surface area is 125 Å². The van der Waals surface area contributed by atoms with E-state index in [1.54, 1.807) is 0 Å². The van der Waals surface area contributed by atoms with E-state index in [2.05, 4.69) is 41.0 Å². The van der Waals surface area contributed by atoms with Crippen LogP contribution < -0.4 is 20.5 Å². The summed E-state index contributed by atoms with van der Waals surface area (Å²) in [5.74, 6) is 1.52. The summed E-state index contributed by atoms with van der Waals surface area (Å²) in [5.41, 5.74) is -0.0975. The van der Waals surface area contributed by atoms with Crippen molar-refractivity contribution in [3.8, 4) is 5.75 Å². The number of nitrogens with zero attached hydrogens (tertiary/aromatic N) is 2. The van der Waals surface area contributed by atoms with Gasteiger partial charge in [-0.15, -0.1) is 0 Å². The number of aromatic nitrogens is 2. The molecule has 1 fully saturated rings. The molecule has 2 heterocycles. The fraction of sp³-hybridized carbons (Fsp3) is 0.733. The van der Waals surface area contributed by atoms with Crippen molar-refractivity contribution in [3.63, 3.8) is 0 Å². The number of ether oxygens (including phenoxy) is 1. The molecule has 1 aliphatic rings. The predicted molar refractivity (Wildman–Crippen MR) is 84.1 cm³/mol. The van der Waals surface area contributed by atoms with Crippen molar-refractivity contribution in [1.82, 2.24) is 15.3 Å². The number of hydrogen-bond acceptors (Lipinski definition) is 5. The number of methoxy groups -OCH3 is 1. The van der Waals surface area contributed by atoms with Gasteiger partial charge in [0.1, 0.15) is 0 Å². The van der Waals surface area contributed by atoms with Crippen LogP contribution in [0.25, 0.3) is 0 Å². The van der Waals surface area contributed by atoms with Gasteiger partial charge in [-0.1, -0.05) is 0 Å². The van der Waals surface area contributed by atoms with Crippen LogP contribution in [-0.2, 0) is 0 Å². The van der Waals surface area contributed by atoms with E-state index < -0.39 is 0 Å². The highest BCUT2D eigenvalue weighted by Gasteiger charge is 2.25. The van der Waals surface area contributed by atoms with E-state index in [0.717, 1.165) is 26.1 Å². The maximum Gasteiger partial charge on any atom is 0.295 e. The van der Waals surface area contributed by atoms with E-state index in [4.69, 9.17) is 4.74 Å². The average Bonchev–Trinajstić information content (AvgIpc) is 2.44. The van der Waals surface area contributed by atoms with Gasteiger partial charge in [-0.3, -0.25) is 4.79 Å². The quantitative estimate of drug-likeness (QED) is 0.878. The van der Waals surface area contributed by atoms with E-state index in [1.807, 2.05) is 0 Å². The van der Waals surface area contributed by atoms with Gasteiger partial charge in [0.15, 0.2) is 5.82 Å². The molecule has 0 aliphatic carbocycles.